The summed E-state index contributed by atoms with van der Waals surface area (Å²) in [5.74, 6) is -0.240. The number of rotatable bonds is 5. The first kappa shape index (κ1) is 20.4. The highest BCUT2D eigenvalue weighted by Gasteiger charge is 2.41. The molecular weight excluding hydrogens is 388 g/mol. The van der Waals surface area contributed by atoms with Gasteiger partial charge in [0.2, 0.25) is 0 Å². The van der Waals surface area contributed by atoms with Crippen molar-refractivity contribution in [1.82, 2.24) is 0 Å². The van der Waals surface area contributed by atoms with Gasteiger partial charge < -0.3 is 10.1 Å². The summed E-state index contributed by atoms with van der Waals surface area (Å²) in [4.78, 5) is 28.4. The summed E-state index contributed by atoms with van der Waals surface area (Å²) in [6.07, 6.45) is 0. The summed E-state index contributed by atoms with van der Waals surface area (Å²) in [6.45, 7) is 5.88. The van der Waals surface area contributed by atoms with Crippen molar-refractivity contribution in [2.75, 3.05) is 17.3 Å². The van der Waals surface area contributed by atoms with Crippen LogP contribution in [0.2, 0.25) is 0 Å². The predicted octanol–water partition coefficient (Wildman–Crippen LogP) is 5.02. The molecule has 0 atom stereocenters. The Hall–Kier alpha value is -3.86. The molecule has 0 aliphatic carbocycles. The minimum Gasteiger partial charge on any atom is -0.496 e. The van der Waals surface area contributed by atoms with Gasteiger partial charge in [0.25, 0.3) is 11.8 Å². The van der Waals surface area contributed by atoms with Gasteiger partial charge in [0.1, 0.15) is 11.4 Å². The third-order valence-electron chi connectivity index (χ3n) is 5.37. The Labute approximate surface area is 182 Å². The highest BCUT2D eigenvalue weighted by Crippen LogP contribution is 2.37. The maximum absolute atomic E-state index is 13.6. The summed E-state index contributed by atoms with van der Waals surface area (Å²) in [5.41, 5.74) is 5.44. The quantitative estimate of drug-likeness (QED) is 0.598. The van der Waals surface area contributed by atoms with Crippen molar-refractivity contribution >= 4 is 28.8 Å². The van der Waals surface area contributed by atoms with Crippen LogP contribution in [0.5, 0.6) is 5.75 Å². The number of imide groups is 1. The minimum absolute atomic E-state index is 0.240. The second kappa shape index (κ2) is 8.11. The Kier molecular flexibility index (Phi) is 5.34. The number of hydrogen-bond acceptors (Lipinski definition) is 4. The SMILES string of the molecule is COc1ccccc1C1=C(Nc2cc(C)ccc2C)C(=O)N(c2cccc(C)c2)C1=O. The number of ether oxygens (including phenoxy) is 1. The van der Waals surface area contributed by atoms with Gasteiger partial charge in [-0.2, -0.15) is 0 Å². The van der Waals surface area contributed by atoms with E-state index in [2.05, 4.69) is 5.32 Å². The number of nitrogens with zero attached hydrogens (tertiary/aromatic N) is 1. The predicted molar refractivity (Wildman–Crippen MR) is 123 cm³/mol. The van der Waals surface area contributed by atoms with E-state index in [1.807, 2.05) is 69.3 Å². The number of aryl methyl sites for hydroxylation is 3. The van der Waals surface area contributed by atoms with E-state index in [-0.39, 0.29) is 11.6 Å². The van der Waals surface area contributed by atoms with Gasteiger partial charge in [0.15, 0.2) is 0 Å². The Morgan fingerprint density at radius 3 is 2.29 bits per heavy atom. The number of anilines is 2. The van der Waals surface area contributed by atoms with Gasteiger partial charge in [-0.25, -0.2) is 4.90 Å². The average molecular weight is 412 g/mol. The zero-order valence-corrected chi connectivity index (χ0v) is 18.0. The molecule has 0 fully saturated rings. The van der Waals surface area contributed by atoms with Gasteiger partial charge >= 0.3 is 0 Å². The van der Waals surface area contributed by atoms with Crippen LogP contribution in [-0.4, -0.2) is 18.9 Å². The smallest absolute Gasteiger partial charge is 0.282 e. The third kappa shape index (κ3) is 3.70. The number of methoxy groups -OCH3 is 1. The van der Waals surface area contributed by atoms with Crippen LogP contribution in [-0.2, 0) is 9.59 Å². The molecule has 0 radical (unpaired) electrons. The van der Waals surface area contributed by atoms with Crippen LogP contribution >= 0.6 is 0 Å². The Morgan fingerprint density at radius 1 is 0.806 bits per heavy atom. The van der Waals surface area contributed by atoms with E-state index in [0.717, 1.165) is 22.4 Å². The summed E-state index contributed by atoms with van der Waals surface area (Å²) < 4.78 is 5.50. The van der Waals surface area contributed by atoms with Gasteiger partial charge in [0.05, 0.1) is 18.4 Å². The monoisotopic (exact) mass is 412 g/mol. The maximum atomic E-state index is 13.6. The van der Waals surface area contributed by atoms with E-state index >= 15 is 0 Å². The van der Waals surface area contributed by atoms with Gasteiger partial charge in [-0.15, -0.1) is 0 Å². The van der Waals surface area contributed by atoms with Crippen LogP contribution in [0.1, 0.15) is 22.3 Å². The third-order valence-corrected chi connectivity index (χ3v) is 5.37. The molecular formula is C26H24N2O3. The molecule has 4 rings (SSSR count). The lowest BCUT2D eigenvalue weighted by Crippen LogP contribution is -2.32. The molecule has 1 aliphatic rings. The molecule has 0 spiro atoms. The highest BCUT2D eigenvalue weighted by molar-refractivity contribution is 6.46. The number of amides is 2. The fraction of sp³-hybridized carbons (Fsp3) is 0.154. The van der Waals surface area contributed by atoms with Gasteiger partial charge in [-0.3, -0.25) is 9.59 Å². The van der Waals surface area contributed by atoms with E-state index in [9.17, 15) is 9.59 Å². The number of nitrogens with one attached hydrogen (secondary N) is 1. The van der Waals surface area contributed by atoms with E-state index in [4.69, 9.17) is 4.74 Å². The molecule has 2 amide bonds. The number of carbonyl (C=O) groups excluding carboxylic acids is 2. The summed E-state index contributed by atoms with van der Waals surface area (Å²) in [6, 6.07) is 20.6. The molecule has 0 bridgehead atoms. The minimum atomic E-state index is -0.391. The summed E-state index contributed by atoms with van der Waals surface area (Å²) >= 11 is 0. The second-order valence-corrected chi connectivity index (χ2v) is 7.68. The van der Waals surface area contributed by atoms with Crippen molar-refractivity contribution in [1.29, 1.82) is 0 Å². The number of para-hydroxylation sites is 1. The Balaban J connectivity index is 1.90. The highest BCUT2D eigenvalue weighted by atomic mass is 16.5. The lowest BCUT2D eigenvalue weighted by Gasteiger charge is -2.16. The fourth-order valence-electron chi connectivity index (χ4n) is 3.75. The molecule has 0 unspecified atom stereocenters. The zero-order chi connectivity index (χ0) is 22.1. The van der Waals surface area contributed by atoms with E-state index in [1.54, 1.807) is 25.3 Å². The first-order valence-corrected chi connectivity index (χ1v) is 10.1. The molecule has 5 heteroatoms. The van der Waals surface area contributed by atoms with E-state index in [0.29, 0.717) is 22.6 Å². The van der Waals surface area contributed by atoms with Crippen molar-refractivity contribution in [2.45, 2.75) is 20.8 Å². The maximum Gasteiger partial charge on any atom is 0.282 e. The first-order chi connectivity index (χ1) is 14.9. The molecule has 156 valence electrons. The van der Waals surface area contributed by atoms with Crippen LogP contribution < -0.4 is 15.0 Å². The number of hydrogen-bond donors (Lipinski definition) is 1. The standard InChI is InChI=1S/C26H24N2O3/c1-16-8-7-9-19(14-16)28-25(29)23(20-10-5-6-11-22(20)31-4)24(26(28)30)27-21-15-17(2)12-13-18(21)3/h5-15,27H,1-4H3. The number of carbonyl (C=O) groups is 2. The lowest BCUT2D eigenvalue weighted by molar-refractivity contribution is -0.120. The van der Waals surface area contributed by atoms with Crippen LogP contribution in [0.25, 0.3) is 5.57 Å². The molecule has 1 aliphatic heterocycles. The first-order valence-electron chi connectivity index (χ1n) is 10.1. The van der Waals surface area contributed by atoms with Crippen molar-refractivity contribution in [3.63, 3.8) is 0 Å². The largest absolute Gasteiger partial charge is 0.496 e. The topological polar surface area (TPSA) is 58.6 Å². The fourth-order valence-corrected chi connectivity index (χ4v) is 3.75. The molecule has 1 N–H and O–H groups in total. The van der Waals surface area contributed by atoms with Crippen LogP contribution in [0.4, 0.5) is 11.4 Å². The van der Waals surface area contributed by atoms with E-state index in [1.165, 1.54) is 4.90 Å². The van der Waals surface area contributed by atoms with Gasteiger partial charge in [0, 0.05) is 11.3 Å². The molecule has 3 aromatic carbocycles. The van der Waals surface area contributed by atoms with Crippen molar-refractivity contribution < 1.29 is 14.3 Å². The molecule has 5 nitrogen and oxygen atoms in total. The summed E-state index contributed by atoms with van der Waals surface area (Å²) in [7, 11) is 1.55. The van der Waals surface area contributed by atoms with Gasteiger partial charge in [-0.05, 0) is 61.7 Å². The van der Waals surface area contributed by atoms with Crippen LogP contribution in [0.15, 0.2) is 72.4 Å². The second-order valence-electron chi connectivity index (χ2n) is 7.68. The molecule has 3 aromatic rings. The molecule has 31 heavy (non-hydrogen) atoms. The lowest BCUT2D eigenvalue weighted by atomic mass is 10.0. The van der Waals surface area contributed by atoms with Crippen molar-refractivity contribution in [2.24, 2.45) is 0 Å². The van der Waals surface area contributed by atoms with Crippen molar-refractivity contribution in [3.8, 4) is 5.75 Å². The average Bonchev–Trinajstić information content (AvgIpc) is 3.00. The van der Waals surface area contributed by atoms with Crippen LogP contribution in [0, 0.1) is 20.8 Å². The molecule has 0 aromatic heterocycles. The Bertz CT molecular complexity index is 1230. The van der Waals surface area contributed by atoms with Gasteiger partial charge in [-0.1, -0.05) is 42.5 Å². The van der Waals surface area contributed by atoms with Crippen LogP contribution in [0.3, 0.4) is 0 Å². The molecule has 0 saturated carbocycles. The zero-order valence-electron chi connectivity index (χ0n) is 18.0. The van der Waals surface area contributed by atoms with E-state index < -0.39 is 5.91 Å². The molecule has 0 saturated heterocycles. The summed E-state index contributed by atoms with van der Waals surface area (Å²) in [5, 5.41) is 3.26. The Morgan fingerprint density at radius 2 is 1.55 bits per heavy atom. The molecule has 1 heterocycles. The normalized spacial score (nSPS) is 13.7. The van der Waals surface area contributed by atoms with Crippen molar-refractivity contribution in [3.05, 3.63) is 94.7 Å². The number of benzene rings is 3.